The zero-order valence-corrected chi connectivity index (χ0v) is 9.49. The van der Waals surface area contributed by atoms with Gasteiger partial charge in [-0.2, -0.15) is 0 Å². The second-order valence-electron chi connectivity index (χ2n) is 4.91. The molecule has 2 fully saturated rings. The fourth-order valence-electron chi connectivity index (χ4n) is 2.71. The van der Waals surface area contributed by atoms with Crippen LogP contribution in [0.25, 0.3) is 0 Å². The molecule has 1 N–H and O–H groups in total. The standard InChI is InChI=1S/C11H22N2O/c1-8-4-11(5-12-8)13-6-9(2)14-10(3)7-13/h8-12H,4-7H2,1-3H3. The van der Waals surface area contributed by atoms with Crippen molar-refractivity contribution < 1.29 is 4.74 Å². The average Bonchev–Trinajstić information content (AvgIpc) is 2.50. The Kier molecular flexibility index (Phi) is 3.10. The summed E-state index contributed by atoms with van der Waals surface area (Å²) in [5.41, 5.74) is 0. The molecule has 0 bridgehead atoms. The van der Waals surface area contributed by atoms with Crippen molar-refractivity contribution in [2.24, 2.45) is 0 Å². The van der Waals surface area contributed by atoms with Crippen LogP contribution in [0.2, 0.25) is 0 Å². The van der Waals surface area contributed by atoms with E-state index in [4.69, 9.17) is 4.74 Å². The van der Waals surface area contributed by atoms with E-state index in [9.17, 15) is 0 Å². The Morgan fingerprint density at radius 2 is 1.79 bits per heavy atom. The third kappa shape index (κ3) is 2.27. The quantitative estimate of drug-likeness (QED) is 0.676. The van der Waals surface area contributed by atoms with Crippen molar-refractivity contribution in [3.8, 4) is 0 Å². The van der Waals surface area contributed by atoms with E-state index in [-0.39, 0.29) is 0 Å². The van der Waals surface area contributed by atoms with Gasteiger partial charge in [0.05, 0.1) is 12.2 Å². The van der Waals surface area contributed by atoms with Gasteiger partial charge < -0.3 is 10.1 Å². The number of hydrogen-bond donors (Lipinski definition) is 1. The van der Waals surface area contributed by atoms with Crippen molar-refractivity contribution in [2.45, 2.75) is 51.5 Å². The largest absolute Gasteiger partial charge is 0.373 e. The van der Waals surface area contributed by atoms with Crippen LogP contribution in [0.15, 0.2) is 0 Å². The van der Waals surface area contributed by atoms with Crippen LogP contribution in [0.3, 0.4) is 0 Å². The molecule has 2 aliphatic rings. The lowest BCUT2D eigenvalue weighted by Gasteiger charge is -2.38. The molecule has 3 nitrogen and oxygen atoms in total. The summed E-state index contributed by atoms with van der Waals surface area (Å²) in [6.07, 6.45) is 2.09. The van der Waals surface area contributed by atoms with Crippen molar-refractivity contribution in [1.82, 2.24) is 10.2 Å². The van der Waals surface area contributed by atoms with Gasteiger partial charge in [0.25, 0.3) is 0 Å². The highest BCUT2D eigenvalue weighted by Gasteiger charge is 2.31. The molecule has 0 radical (unpaired) electrons. The molecule has 14 heavy (non-hydrogen) atoms. The second-order valence-corrected chi connectivity index (χ2v) is 4.91. The molecule has 2 aliphatic heterocycles. The lowest BCUT2D eigenvalue weighted by atomic mass is 10.1. The molecule has 3 heteroatoms. The molecule has 2 heterocycles. The van der Waals surface area contributed by atoms with E-state index in [2.05, 4.69) is 31.0 Å². The van der Waals surface area contributed by atoms with Crippen molar-refractivity contribution in [3.63, 3.8) is 0 Å². The highest BCUT2D eigenvalue weighted by atomic mass is 16.5. The van der Waals surface area contributed by atoms with Crippen LogP contribution < -0.4 is 5.32 Å². The molecular formula is C11H22N2O. The van der Waals surface area contributed by atoms with Crippen molar-refractivity contribution in [1.29, 1.82) is 0 Å². The normalized spacial score (nSPS) is 45.6. The Morgan fingerprint density at radius 3 is 2.29 bits per heavy atom. The zero-order chi connectivity index (χ0) is 10.1. The molecule has 0 saturated carbocycles. The Morgan fingerprint density at radius 1 is 1.14 bits per heavy atom. The molecule has 4 atom stereocenters. The molecular weight excluding hydrogens is 176 g/mol. The fourth-order valence-corrected chi connectivity index (χ4v) is 2.71. The van der Waals surface area contributed by atoms with Crippen molar-refractivity contribution in [2.75, 3.05) is 19.6 Å². The van der Waals surface area contributed by atoms with Crippen LogP contribution in [0, 0.1) is 0 Å². The van der Waals surface area contributed by atoms with E-state index in [0.29, 0.717) is 18.2 Å². The Hall–Kier alpha value is -0.120. The van der Waals surface area contributed by atoms with Crippen LogP contribution in [0.5, 0.6) is 0 Å². The van der Waals surface area contributed by atoms with Crippen LogP contribution in [-0.2, 0) is 4.74 Å². The number of hydrogen-bond acceptors (Lipinski definition) is 3. The van der Waals surface area contributed by atoms with Crippen LogP contribution in [0.1, 0.15) is 27.2 Å². The monoisotopic (exact) mass is 198 g/mol. The summed E-state index contributed by atoms with van der Waals surface area (Å²) in [6.45, 7) is 9.98. The first-order valence-electron chi connectivity index (χ1n) is 5.78. The average molecular weight is 198 g/mol. The summed E-state index contributed by atoms with van der Waals surface area (Å²) < 4.78 is 5.74. The minimum Gasteiger partial charge on any atom is -0.373 e. The Bertz CT molecular complexity index is 188. The highest BCUT2D eigenvalue weighted by molar-refractivity contribution is 4.88. The van der Waals surface area contributed by atoms with Gasteiger partial charge in [0.15, 0.2) is 0 Å². The van der Waals surface area contributed by atoms with E-state index in [1.165, 1.54) is 6.42 Å². The minimum absolute atomic E-state index is 0.398. The molecule has 0 amide bonds. The molecule has 0 aromatic rings. The predicted molar refractivity (Wildman–Crippen MR) is 57.5 cm³/mol. The number of morpholine rings is 1. The van der Waals surface area contributed by atoms with Crippen LogP contribution in [0.4, 0.5) is 0 Å². The molecule has 4 unspecified atom stereocenters. The fraction of sp³-hybridized carbons (Fsp3) is 1.00. The number of nitrogens with zero attached hydrogens (tertiary/aromatic N) is 1. The number of nitrogens with one attached hydrogen (secondary N) is 1. The highest BCUT2D eigenvalue weighted by Crippen LogP contribution is 2.19. The molecule has 0 aromatic carbocycles. The van der Waals surface area contributed by atoms with E-state index in [0.717, 1.165) is 25.7 Å². The maximum atomic E-state index is 5.74. The lowest BCUT2D eigenvalue weighted by molar-refractivity contribution is -0.0783. The first kappa shape index (κ1) is 10.4. The van der Waals surface area contributed by atoms with E-state index >= 15 is 0 Å². The molecule has 0 spiro atoms. The second kappa shape index (κ2) is 4.17. The lowest BCUT2D eigenvalue weighted by Crippen LogP contribution is -2.50. The third-order valence-electron chi connectivity index (χ3n) is 3.29. The molecule has 0 aliphatic carbocycles. The van der Waals surface area contributed by atoms with Gasteiger partial charge in [0.1, 0.15) is 0 Å². The van der Waals surface area contributed by atoms with Gasteiger partial charge in [-0.25, -0.2) is 0 Å². The van der Waals surface area contributed by atoms with Gasteiger partial charge in [0, 0.05) is 31.7 Å². The van der Waals surface area contributed by atoms with Crippen molar-refractivity contribution >= 4 is 0 Å². The van der Waals surface area contributed by atoms with Gasteiger partial charge in [0.2, 0.25) is 0 Å². The van der Waals surface area contributed by atoms with E-state index < -0.39 is 0 Å². The van der Waals surface area contributed by atoms with E-state index in [1.807, 2.05) is 0 Å². The molecule has 2 saturated heterocycles. The third-order valence-corrected chi connectivity index (χ3v) is 3.29. The summed E-state index contributed by atoms with van der Waals surface area (Å²) in [5.74, 6) is 0. The number of ether oxygens (including phenoxy) is 1. The van der Waals surface area contributed by atoms with Gasteiger partial charge in [-0.1, -0.05) is 0 Å². The molecule has 0 aromatic heterocycles. The topological polar surface area (TPSA) is 24.5 Å². The minimum atomic E-state index is 0.398. The zero-order valence-electron chi connectivity index (χ0n) is 9.49. The summed E-state index contributed by atoms with van der Waals surface area (Å²) in [6, 6.07) is 1.42. The summed E-state index contributed by atoms with van der Waals surface area (Å²) in [7, 11) is 0. The molecule has 82 valence electrons. The smallest absolute Gasteiger partial charge is 0.0678 e. The molecule has 2 rings (SSSR count). The van der Waals surface area contributed by atoms with Gasteiger partial charge in [-0.3, -0.25) is 4.90 Å². The summed E-state index contributed by atoms with van der Waals surface area (Å²) >= 11 is 0. The first-order valence-corrected chi connectivity index (χ1v) is 5.78. The van der Waals surface area contributed by atoms with Gasteiger partial charge >= 0.3 is 0 Å². The van der Waals surface area contributed by atoms with E-state index in [1.54, 1.807) is 0 Å². The van der Waals surface area contributed by atoms with Gasteiger partial charge in [-0.05, 0) is 27.2 Å². The van der Waals surface area contributed by atoms with Crippen LogP contribution in [-0.4, -0.2) is 48.8 Å². The summed E-state index contributed by atoms with van der Waals surface area (Å²) in [5, 5.41) is 3.51. The Balaban J connectivity index is 1.90. The van der Waals surface area contributed by atoms with Crippen molar-refractivity contribution in [3.05, 3.63) is 0 Å². The maximum Gasteiger partial charge on any atom is 0.0678 e. The first-order chi connectivity index (χ1) is 6.65. The van der Waals surface area contributed by atoms with Gasteiger partial charge in [-0.15, -0.1) is 0 Å². The maximum absolute atomic E-state index is 5.74. The predicted octanol–water partition coefficient (Wildman–Crippen LogP) is 0.846. The number of rotatable bonds is 1. The summed E-state index contributed by atoms with van der Waals surface area (Å²) in [4.78, 5) is 2.59. The SMILES string of the molecule is CC1CC(N2CC(C)OC(C)C2)CN1. The Labute approximate surface area is 86.8 Å². The van der Waals surface area contributed by atoms with Crippen LogP contribution >= 0.6 is 0 Å².